The fourth-order valence-corrected chi connectivity index (χ4v) is 4.00. The number of ether oxygens (including phenoxy) is 1. The Hall–Kier alpha value is -4.43. The lowest BCUT2D eigenvalue weighted by Gasteiger charge is -2.14. The monoisotopic (exact) mass is 527 g/mol. The zero-order valence-electron chi connectivity index (χ0n) is 18.2. The first kappa shape index (κ1) is 22.4. The van der Waals surface area contributed by atoms with Crippen LogP contribution in [0.1, 0.15) is 31.1 Å². The highest BCUT2D eigenvalue weighted by molar-refractivity contribution is 9.10. The fraction of sp³-hybridized carbons (Fsp3) is 0. The van der Waals surface area contributed by atoms with Crippen LogP contribution in [0.2, 0.25) is 0 Å². The lowest BCUT2D eigenvalue weighted by molar-refractivity contribution is 0.0924. The van der Waals surface area contributed by atoms with Crippen LogP contribution in [0.3, 0.4) is 0 Å². The summed E-state index contributed by atoms with van der Waals surface area (Å²) in [5, 5.41) is 2.74. The first-order valence-electron chi connectivity index (χ1n) is 10.6. The standard InChI is InChI=1S/C27H18BrN3O4/c28-17-4-9-21(10-5-17)35-22-11-7-20(8-12-22)31-26(33)23-13-6-19(15-24(23)27(31)34)30-25(32)16-2-1-3-18(29)14-16/h1-15H,29H2,(H,30,32). The van der Waals surface area contributed by atoms with Gasteiger partial charge in [-0.15, -0.1) is 0 Å². The number of hydrogen-bond donors (Lipinski definition) is 2. The van der Waals surface area contributed by atoms with E-state index in [0.717, 1.165) is 9.37 Å². The maximum Gasteiger partial charge on any atom is 0.266 e. The Balaban J connectivity index is 1.34. The number of imide groups is 1. The molecule has 1 heterocycles. The minimum Gasteiger partial charge on any atom is -0.457 e. The Morgan fingerprint density at radius 2 is 1.46 bits per heavy atom. The van der Waals surface area contributed by atoms with Crippen LogP contribution in [0.5, 0.6) is 11.5 Å². The van der Waals surface area contributed by atoms with Gasteiger partial charge >= 0.3 is 0 Å². The summed E-state index contributed by atoms with van der Waals surface area (Å²) < 4.78 is 6.75. The zero-order valence-corrected chi connectivity index (χ0v) is 19.8. The molecular weight excluding hydrogens is 510 g/mol. The van der Waals surface area contributed by atoms with Crippen LogP contribution in [0, 0.1) is 0 Å². The van der Waals surface area contributed by atoms with E-state index in [4.69, 9.17) is 10.5 Å². The van der Waals surface area contributed by atoms with E-state index in [1.165, 1.54) is 12.1 Å². The number of nitrogens with zero attached hydrogens (tertiary/aromatic N) is 1. The largest absolute Gasteiger partial charge is 0.457 e. The summed E-state index contributed by atoms with van der Waals surface area (Å²) in [6.45, 7) is 0. The summed E-state index contributed by atoms with van der Waals surface area (Å²) in [5.74, 6) is -0.0344. The van der Waals surface area contributed by atoms with Crippen molar-refractivity contribution in [3.63, 3.8) is 0 Å². The molecule has 3 amide bonds. The summed E-state index contributed by atoms with van der Waals surface area (Å²) in [6.07, 6.45) is 0. The van der Waals surface area contributed by atoms with Crippen molar-refractivity contribution in [1.29, 1.82) is 0 Å². The highest BCUT2D eigenvalue weighted by Gasteiger charge is 2.37. The molecule has 35 heavy (non-hydrogen) atoms. The molecule has 0 saturated carbocycles. The predicted octanol–water partition coefficient (Wildman–Crippen LogP) is 5.88. The van der Waals surface area contributed by atoms with E-state index in [1.54, 1.807) is 54.6 Å². The molecule has 0 bridgehead atoms. The van der Waals surface area contributed by atoms with Gasteiger partial charge < -0.3 is 15.8 Å². The van der Waals surface area contributed by atoms with E-state index < -0.39 is 11.8 Å². The van der Waals surface area contributed by atoms with Gasteiger partial charge in [0.15, 0.2) is 0 Å². The molecule has 0 fully saturated rings. The lowest BCUT2D eigenvalue weighted by atomic mass is 10.1. The maximum absolute atomic E-state index is 13.1. The number of carbonyl (C=O) groups excluding carboxylic acids is 3. The smallest absolute Gasteiger partial charge is 0.266 e. The van der Waals surface area contributed by atoms with Gasteiger partial charge in [-0.05, 0) is 84.9 Å². The normalized spacial score (nSPS) is 12.4. The number of nitrogens with two attached hydrogens (primary N) is 1. The van der Waals surface area contributed by atoms with Crippen molar-refractivity contribution in [3.8, 4) is 11.5 Å². The Morgan fingerprint density at radius 1 is 0.800 bits per heavy atom. The van der Waals surface area contributed by atoms with Crippen molar-refractivity contribution in [2.24, 2.45) is 0 Å². The molecule has 0 radical (unpaired) electrons. The molecule has 3 N–H and O–H groups in total. The molecule has 4 aromatic carbocycles. The molecule has 0 spiro atoms. The number of fused-ring (bicyclic) bond motifs is 1. The van der Waals surface area contributed by atoms with E-state index in [1.807, 2.05) is 24.3 Å². The van der Waals surface area contributed by atoms with Crippen molar-refractivity contribution in [3.05, 3.63) is 112 Å². The number of nitrogens with one attached hydrogen (secondary N) is 1. The van der Waals surface area contributed by atoms with E-state index in [9.17, 15) is 14.4 Å². The molecule has 0 aromatic heterocycles. The maximum atomic E-state index is 13.1. The molecule has 5 rings (SSSR count). The van der Waals surface area contributed by atoms with Crippen molar-refractivity contribution in [2.75, 3.05) is 16.0 Å². The quantitative estimate of drug-likeness (QED) is 0.249. The minimum absolute atomic E-state index is 0.218. The molecule has 172 valence electrons. The Bertz CT molecular complexity index is 1470. The zero-order chi connectivity index (χ0) is 24.5. The number of hydrogen-bond acceptors (Lipinski definition) is 5. The molecule has 1 aliphatic heterocycles. The van der Waals surface area contributed by atoms with Crippen molar-refractivity contribution in [1.82, 2.24) is 0 Å². The van der Waals surface area contributed by atoms with Gasteiger partial charge in [0.2, 0.25) is 0 Å². The number of benzene rings is 4. The number of halogens is 1. The number of rotatable bonds is 5. The molecule has 1 aliphatic rings. The second-order valence-electron chi connectivity index (χ2n) is 7.84. The number of nitrogen functional groups attached to an aromatic ring is 1. The first-order valence-corrected chi connectivity index (χ1v) is 11.4. The summed E-state index contributed by atoms with van der Waals surface area (Å²) in [7, 11) is 0. The molecule has 7 nitrogen and oxygen atoms in total. The van der Waals surface area contributed by atoms with Crippen LogP contribution in [-0.2, 0) is 0 Å². The predicted molar refractivity (Wildman–Crippen MR) is 137 cm³/mol. The third kappa shape index (κ3) is 4.51. The Morgan fingerprint density at radius 3 is 2.14 bits per heavy atom. The van der Waals surface area contributed by atoms with Gasteiger partial charge in [-0.3, -0.25) is 14.4 Å². The average molecular weight is 528 g/mol. The van der Waals surface area contributed by atoms with Gasteiger partial charge in [0, 0.05) is 21.4 Å². The second kappa shape index (κ2) is 9.08. The van der Waals surface area contributed by atoms with E-state index in [2.05, 4.69) is 21.2 Å². The van der Waals surface area contributed by atoms with Gasteiger partial charge in [-0.25, -0.2) is 4.90 Å². The van der Waals surface area contributed by atoms with E-state index in [0.29, 0.717) is 34.1 Å². The number of carbonyl (C=O) groups is 3. The molecular formula is C27H18BrN3O4. The second-order valence-corrected chi connectivity index (χ2v) is 8.75. The number of anilines is 3. The fourth-order valence-electron chi connectivity index (χ4n) is 3.74. The molecule has 0 unspecified atom stereocenters. The van der Waals surface area contributed by atoms with Crippen LogP contribution < -0.4 is 20.7 Å². The summed E-state index contributed by atoms with van der Waals surface area (Å²) >= 11 is 3.38. The van der Waals surface area contributed by atoms with E-state index in [-0.39, 0.29) is 17.0 Å². The molecule has 8 heteroatoms. The van der Waals surface area contributed by atoms with Gasteiger partial charge in [0.05, 0.1) is 16.8 Å². The average Bonchev–Trinajstić information content (AvgIpc) is 3.10. The van der Waals surface area contributed by atoms with Gasteiger partial charge in [0.1, 0.15) is 11.5 Å². The van der Waals surface area contributed by atoms with Crippen molar-refractivity contribution < 1.29 is 19.1 Å². The third-order valence-electron chi connectivity index (χ3n) is 5.44. The molecule has 4 aromatic rings. The molecule has 0 atom stereocenters. The van der Waals surface area contributed by atoms with Crippen molar-refractivity contribution in [2.45, 2.75) is 0 Å². The Kier molecular flexibility index (Phi) is 5.80. The Labute approximate surface area is 209 Å². The highest BCUT2D eigenvalue weighted by atomic mass is 79.9. The third-order valence-corrected chi connectivity index (χ3v) is 5.97. The van der Waals surface area contributed by atoms with Crippen LogP contribution in [0.4, 0.5) is 17.1 Å². The lowest BCUT2D eigenvalue weighted by Crippen LogP contribution is -2.29. The van der Waals surface area contributed by atoms with Crippen LogP contribution in [-0.4, -0.2) is 17.7 Å². The van der Waals surface area contributed by atoms with Crippen LogP contribution in [0.15, 0.2) is 95.5 Å². The van der Waals surface area contributed by atoms with Gasteiger partial charge in [-0.2, -0.15) is 0 Å². The summed E-state index contributed by atoms with van der Waals surface area (Å²) in [5.41, 5.74) is 7.91. The van der Waals surface area contributed by atoms with Crippen LogP contribution >= 0.6 is 15.9 Å². The minimum atomic E-state index is -0.466. The van der Waals surface area contributed by atoms with Gasteiger partial charge in [0.25, 0.3) is 17.7 Å². The first-order chi connectivity index (χ1) is 16.9. The van der Waals surface area contributed by atoms with Gasteiger partial charge in [-0.1, -0.05) is 22.0 Å². The molecule has 0 saturated heterocycles. The molecule has 0 aliphatic carbocycles. The SMILES string of the molecule is Nc1cccc(C(=O)Nc2ccc3c(c2)C(=O)N(c2ccc(Oc4ccc(Br)cc4)cc2)C3=O)c1. The van der Waals surface area contributed by atoms with Crippen LogP contribution in [0.25, 0.3) is 0 Å². The van der Waals surface area contributed by atoms with E-state index >= 15 is 0 Å². The van der Waals surface area contributed by atoms with Crippen molar-refractivity contribution >= 4 is 50.7 Å². The number of amides is 3. The highest BCUT2D eigenvalue weighted by Crippen LogP contribution is 2.32. The summed E-state index contributed by atoms with van der Waals surface area (Å²) in [6, 6.07) is 25.3. The topological polar surface area (TPSA) is 102 Å². The summed E-state index contributed by atoms with van der Waals surface area (Å²) in [4.78, 5) is 39.7.